The minimum Gasteiger partial charge on any atom is -0.376 e. The van der Waals surface area contributed by atoms with Crippen molar-refractivity contribution >= 4 is 17.5 Å². The molecule has 0 bridgehead atoms. The number of rotatable bonds is 6. The average molecular weight is 329 g/mol. The third-order valence-electron chi connectivity index (χ3n) is 4.06. The maximum Gasteiger partial charge on any atom is 0.237 e. The molecular weight excluding hydrogens is 304 g/mol. The van der Waals surface area contributed by atoms with Crippen LogP contribution in [0.5, 0.6) is 0 Å². The molecule has 1 aromatic heterocycles. The van der Waals surface area contributed by atoms with E-state index in [2.05, 4.69) is 19.0 Å². The molecule has 124 valence electrons. The summed E-state index contributed by atoms with van der Waals surface area (Å²) in [6, 6.07) is 1.91. The van der Waals surface area contributed by atoms with Crippen molar-refractivity contribution < 1.29 is 14.1 Å². The number of halogens is 1. The maximum atomic E-state index is 12.1. The molecule has 1 unspecified atom stereocenters. The Hall–Kier alpha value is -1.07. The van der Waals surface area contributed by atoms with E-state index in [1.54, 1.807) is 4.90 Å². The van der Waals surface area contributed by atoms with Crippen LogP contribution in [0, 0.1) is 5.92 Å². The summed E-state index contributed by atoms with van der Waals surface area (Å²) in [5.74, 6) is 1.05. The molecule has 1 aliphatic rings. The van der Waals surface area contributed by atoms with Gasteiger partial charge >= 0.3 is 0 Å². The number of carbonyl (C=O) groups is 1. The van der Waals surface area contributed by atoms with E-state index in [-0.39, 0.29) is 17.4 Å². The molecule has 1 aromatic rings. The third kappa shape index (κ3) is 4.71. The second kappa shape index (κ2) is 7.47. The number of alkyl halides is 1. The summed E-state index contributed by atoms with van der Waals surface area (Å²) in [7, 11) is 0. The van der Waals surface area contributed by atoms with E-state index >= 15 is 0 Å². The zero-order valence-electron chi connectivity index (χ0n) is 13.6. The van der Waals surface area contributed by atoms with Gasteiger partial charge in [-0.15, -0.1) is 11.6 Å². The van der Waals surface area contributed by atoms with Gasteiger partial charge in [-0.25, -0.2) is 0 Å². The first kappa shape index (κ1) is 17.3. The van der Waals surface area contributed by atoms with Crippen molar-refractivity contribution in [1.82, 2.24) is 10.1 Å². The van der Waals surface area contributed by atoms with Crippen molar-refractivity contribution in [2.75, 3.05) is 19.0 Å². The summed E-state index contributed by atoms with van der Waals surface area (Å²) in [5.41, 5.74) is 0.778. The van der Waals surface area contributed by atoms with Crippen molar-refractivity contribution in [1.29, 1.82) is 0 Å². The number of hydrogen-bond donors (Lipinski definition) is 0. The van der Waals surface area contributed by atoms with Crippen molar-refractivity contribution in [3.63, 3.8) is 0 Å². The standard InChI is InChI=1S/C16H25ClN2O3/c1-4-13-7-14(22-18-13)11-19(15(20)9-17)10-12-5-6-21-16(2,3)8-12/h7,12H,4-6,8-11H2,1-3H3. The second-order valence-corrected chi connectivity index (χ2v) is 6.78. The van der Waals surface area contributed by atoms with Gasteiger partial charge in [0.25, 0.3) is 0 Å². The summed E-state index contributed by atoms with van der Waals surface area (Å²) in [6.45, 7) is 8.06. The molecule has 1 fully saturated rings. The molecule has 0 saturated carbocycles. The van der Waals surface area contributed by atoms with Gasteiger partial charge < -0.3 is 14.2 Å². The summed E-state index contributed by atoms with van der Waals surface area (Å²) >= 11 is 5.76. The Morgan fingerprint density at radius 1 is 1.55 bits per heavy atom. The lowest BCUT2D eigenvalue weighted by atomic mass is 9.88. The number of hydrogen-bond acceptors (Lipinski definition) is 4. The molecule has 1 saturated heterocycles. The van der Waals surface area contributed by atoms with Crippen LogP contribution in [0.25, 0.3) is 0 Å². The molecule has 1 aliphatic heterocycles. The topological polar surface area (TPSA) is 55.6 Å². The first-order valence-corrected chi connectivity index (χ1v) is 8.39. The molecule has 5 nitrogen and oxygen atoms in total. The fourth-order valence-corrected chi connectivity index (χ4v) is 3.12. The Morgan fingerprint density at radius 3 is 2.91 bits per heavy atom. The fraction of sp³-hybridized carbons (Fsp3) is 0.750. The SMILES string of the molecule is CCc1cc(CN(CC2CCOC(C)(C)C2)C(=O)CCl)on1. The van der Waals surface area contributed by atoms with E-state index in [0.717, 1.165) is 31.6 Å². The summed E-state index contributed by atoms with van der Waals surface area (Å²) in [4.78, 5) is 13.9. The van der Waals surface area contributed by atoms with Gasteiger partial charge in [0, 0.05) is 19.2 Å². The summed E-state index contributed by atoms with van der Waals surface area (Å²) in [5, 5.41) is 3.98. The van der Waals surface area contributed by atoms with Crippen LogP contribution in [0.2, 0.25) is 0 Å². The second-order valence-electron chi connectivity index (χ2n) is 6.51. The van der Waals surface area contributed by atoms with Crippen LogP contribution in [-0.2, 0) is 22.5 Å². The Morgan fingerprint density at radius 2 is 2.32 bits per heavy atom. The van der Waals surface area contributed by atoms with E-state index in [9.17, 15) is 4.79 Å². The van der Waals surface area contributed by atoms with Crippen LogP contribution in [0.15, 0.2) is 10.6 Å². The van der Waals surface area contributed by atoms with Crippen LogP contribution in [0.3, 0.4) is 0 Å². The third-order valence-corrected chi connectivity index (χ3v) is 4.29. The lowest BCUT2D eigenvalue weighted by molar-refractivity contribution is -0.132. The quantitative estimate of drug-likeness (QED) is 0.753. The average Bonchev–Trinajstić information content (AvgIpc) is 2.92. The lowest BCUT2D eigenvalue weighted by Gasteiger charge is -2.37. The Kier molecular flexibility index (Phi) is 5.87. The van der Waals surface area contributed by atoms with Crippen molar-refractivity contribution in [3.8, 4) is 0 Å². The van der Waals surface area contributed by atoms with Gasteiger partial charge in [-0.05, 0) is 39.0 Å². The Labute approximate surface area is 136 Å². The molecule has 0 spiro atoms. The van der Waals surface area contributed by atoms with E-state index in [1.165, 1.54) is 0 Å². The highest BCUT2D eigenvalue weighted by molar-refractivity contribution is 6.27. The van der Waals surface area contributed by atoms with Gasteiger partial charge in [0.15, 0.2) is 5.76 Å². The zero-order chi connectivity index (χ0) is 16.2. The van der Waals surface area contributed by atoms with E-state index in [1.807, 2.05) is 13.0 Å². The van der Waals surface area contributed by atoms with E-state index in [4.69, 9.17) is 20.9 Å². The summed E-state index contributed by atoms with van der Waals surface area (Å²) < 4.78 is 11.0. The molecule has 6 heteroatoms. The zero-order valence-corrected chi connectivity index (χ0v) is 14.4. The highest BCUT2D eigenvalue weighted by atomic mass is 35.5. The molecular formula is C16H25ClN2O3. The molecule has 1 amide bonds. The number of carbonyl (C=O) groups excluding carboxylic acids is 1. The Balaban J connectivity index is 2.01. The van der Waals surface area contributed by atoms with Crippen LogP contribution in [-0.4, -0.2) is 40.6 Å². The van der Waals surface area contributed by atoms with Gasteiger partial charge in [0.1, 0.15) is 5.88 Å². The first-order valence-electron chi connectivity index (χ1n) is 7.85. The molecule has 0 N–H and O–H groups in total. The number of nitrogens with zero attached hydrogens (tertiary/aromatic N) is 2. The van der Waals surface area contributed by atoms with Crippen LogP contribution >= 0.6 is 11.6 Å². The van der Waals surface area contributed by atoms with Gasteiger partial charge in [-0.2, -0.15) is 0 Å². The highest BCUT2D eigenvalue weighted by Gasteiger charge is 2.31. The fourth-order valence-electron chi connectivity index (χ4n) is 2.95. The van der Waals surface area contributed by atoms with Crippen molar-refractivity contribution in [3.05, 3.63) is 17.5 Å². The van der Waals surface area contributed by atoms with Crippen LogP contribution in [0.1, 0.15) is 45.1 Å². The molecule has 0 radical (unpaired) electrons. The van der Waals surface area contributed by atoms with E-state index < -0.39 is 0 Å². The minimum atomic E-state index is -0.125. The normalized spacial score (nSPS) is 20.8. The molecule has 0 aliphatic carbocycles. The monoisotopic (exact) mass is 328 g/mol. The van der Waals surface area contributed by atoms with Crippen molar-refractivity contribution in [2.45, 2.75) is 52.2 Å². The lowest BCUT2D eigenvalue weighted by Crippen LogP contribution is -2.41. The molecule has 2 heterocycles. The number of aryl methyl sites for hydroxylation is 1. The first-order chi connectivity index (χ1) is 10.4. The van der Waals surface area contributed by atoms with Gasteiger partial charge in [-0.3, -0.25) is 4.79 Å². The van der Waals surface area contributed by atoms with Gasteiger partial charge in [-0.1, -0.05) is 12.1 Å². The van der Waals surface area contributed by atoms with Gasteiger partial charge in [0.05, 0.1) is 17.8 Å². The molecule has 0 aromatic carbocycles. The number of ether oxygens (including phenoxy) is 1. The van der Waals surface area contributed by atoms with Crippen molar-refractivity contribution in [2.24, 2.45) is 5.92 Å². The van der Waals surface area contributed by atoms with Crippen LogP contribution < -0.4 is 0 Å². The maximum absolute atomic E-state index is 12.1. The predicted octanol–water partition coefficient (Wildman–Crippen LogP) is 3.01. The molecule has 1 atom stereocenters. The smallest absolute Gasteiger partial charge is 0.237 e. The highest BCUT2D eigenvalue weighted by Crippen LogP contribution is 2.29. The minimum absolute atomic E-state index is 0.0125. The predicted molar refractivity (Wildman–Crippen MR) is 84.8 cm³/mol. The summed E-state index contributed by atoms with van der Waals surface area (Å²) in [6.07, 6.45) is 2.73. The Bertz CT molecular complexity index is 501. The number of amides is 1. The van der Waals surface area contributed by atoms with E-state index in [0.29, 0.717) is 24.8 Å². The molecule has 2 rings (SSSR count). The molecule has 22 heavy (non-hydrogen) atoms. The largest absolute Gasteiger partial charge is 0.376 e. The number of aromatic nitrogens is 1. The van der Waals surface area contributed by atoms with Crippen LogP contribution in [0.4, 0.5) is 0 Å². The van der Waals surface area contributed by atoms with Gasteiger partial charge in [0.2, 0.25) is 5.91 Å².